The molecule has 0 saturated carbocycles. The molecule has 0 atom stereocenters. The van der Waals surface area contributed by atoms with Crippen LogP contribution in [0.5, 0.6) is 0 Å². The number of rotatable bonds is 6. The first-order chi connectivity index (χ1) is 21.0. The van der Waals surface area contributed by atoms with Crippen LogP contribution in [0.4, 0.5) is 5.82 Å². The van der Waals surface area contributed by atoms with Gasteiger partial charge in [-0.15, -0.1) is 0 Å². The van der Waals surface area contributed by atoms with Crippen molar-refractivity contribution in [3.05, 3.63) is 136 Å². The van der Waals surface area contributed by atoms with Gasteiger partial charge in [-0.25, -0.2) is 9.97 Å². The Morgan fingerprint density at radius 1 is 0.791 bits per heavy atom. The molecule has 0 bridgehead atoms. The highest BCUT2D eigenvalue weighted by Crippen LogP contribution is 2.27. The third-order valence-corrected chi connectivity index (χ3v) is 7.19. The quantitative estimate of drug-likeness (QED) is 0.217. The minimum Gasteiger partial charge on any atom is -0.363 e. The van der Waals surface area contributed by atoms with Gasteiger partial charge in [0.15, 0.2) is 17.0 Å². The topological polar surface area (TPSA) is 119 Å². The number of amides is 1. The first-order valence-corrected chi connectivity index (χ1v) is 13.7. The van der Waals surface area contributed by atoms with E-state index in [1.165, 1.54) is 6.26 Å². The molecule has 3 heterocycles. The van der Waals surface area contributed by atoms with Gasteiger partial charge in [0.2, 0.25) is 0 Å². The summed E-state index contributed by atoms with van der Waals surface area (Å²) in [4.78, 5) is 39.4. The molecular formula is C33H21ClN6O3. The smallest absolute Gasteiger partial charge is 0.284 e. The summed E-state index contributed by atoms with van der Waals surface area (Å²) in [5, 5.41) is 6.94. The Morgan fingerprint density at radius 2 is 1.51 bits per heavy atom. The highest BCUT2D eigenvalue weighted by molar-refractivity contribution is 6.30. The molecule has 0 aliphatic heterocycles. The summed E-state index contributed by atoms with van der Waals surface area (Å²) < 4.78 is 6.32. The van der Waals surface area contributed by atoms with E-state index < -0.39 is 0 Å². The lowest BCUT2D eigenvalue weighted by Crippen LogP contribution is -2.22. The molecule has 4 aromatic carbocycles. The van der Waals surface area contributed by atoms with Crippen molar-refractivity contribution >= 4 is 34.5 Å². The number of aromatic nitrogens is 5. The minimum atomic E-state index is -0.365. The molecule has 0 unspecified atom stereocenters. The fourth-order valence-electron chi connectivity index (χ4n) is 4.83. The van der Waals surface area contributed by atoms with Crippen LogP contribution in [0.2, 0.25) is 5.02 Å². The Kier molecular flexibility index (Phi) is 6.61. The normalized spacial score (nSPS) is 11.1. The monoisotopic (exact) mass is 584 g/mol. The summed E-state index contributed by atoms with van der Waals surface area (Å²) in [6.07, 6.45) is 1.37. The Labute approximate surface area is 249 Å². The zero-order valence-electron chi connectivity index (χ0n) is 22.4. The molecule has 3 aromatic heterocycles. The number of nitrogens with one attached hydrogen (secondary N) is 2. The molecule has 0 aliphatic rings. The average Bonchev–Trinajstić information content (AvgIpc) is 3.73. The van der Waals surface area contributed by atoms with Crippen molar-refractivity contribution in [2.24, 2.45) is 0 Å². The predicted molar refractivity (Wildman–Crippen MR) is 165 cm³/mol. The minimum absolute atomic E-state index is 0.229. The van der Waals surface area contributed by atoms with Crippen LogP contribution in [0.25, 0.3) is 50.8 Å². The fourth-order valence-corrected chi connectivity index (χ4v) is 4.95. The first-order valence-electron chi connectivity index (χ1n) is 13.3. The number of carbonyl (C=O) groups is 1. The highest BCUT2D eigenvalue weighted by Gasteiger charge is 2.19. The zero-order valence-corrected chi connectivity index (χ0v) is 23.1. The van der Waals surface area contributed by atoms with Crippen LogP contribution < -0.4 is 10.9 Å². The summed E-state index contributed by atoms with van der Waals surface area (Å²) in [6.45, 7) is 0. The third-order valence-electron chi connectivity index (χ3n) is 6.94. The molecule has 0 fully saturated rings. The Bertz CT molecular complexity index is 2140. The molecule has 43 heavy (non-hydrogen) atoms. The number of imidazole rings is 1. The number of nitrogens with zero attached hydrogens (tertiary/aromatic N) is 4. The molecule has 7 aromatic rings. The number of hydrogen-bond acceptors (Lipinski definition) is 6. The summed E-state index contributed by atoms with van der Waals surface area (Å²) in [5.41, 5.74) is 4.62. The average molecular weight is 585 g/mol. The molecule has 9 nitrogen and oxygen atoms in total. The fraction of sp³-hybridized carbons (Fsp3) is 0. The molecule has 208 valence electrons. The summed E-state index contributed by atoms with van der Waals surface area (Å²) in [6, 6.07) is 33.3. The molecule has 10 heteroatoms. The maximum atomic E-state index is 14.0. The van der Waals surface area contributed by atoms with Crippen molar-refractivity contribution in [1.29, 1.82) is 0 Å². The van der Waals surface area contributed by atoms with E-state index in [1.54, 1.807) is 59.2 Å². The van der Waals surface area contributed by atoms with Gasteiger partial charge in [0.25, 0.3) is 11.5 Å². The van der Waals surface area contributed by atoms with Crippen molar-refractivity contribution in [1.82, 2.24) is 24.7 Å². The van der Waals surface area contributed by atoms with Crippen LogP contribution in [0, 0.1) is 0 Å². The Hall–Kier alpha value is -5.80. The maximum Gasteiger partial charge on any atom is 0.284 e. The number of fused-ring (bicyclic) bond motifs is 1. The van der Waals surface area contributed by atoms with E-state index in [-0.39, 0.29) is 22.6 Å². The van der Waals surface area contributed by atoms with Gasteiger partial charge in [-0.1, -0.05) is 83.5 Å². The van der Waals surface area contributed by atoms with Gasteiger partial charge in [0, 0.05) is 27.8 Å². The second kappa shape index (κ2) is 10.9. The summed E-state index contributed by atoms with van der Waals surface area (Å²) >= 11 is 6.16. The van der Waals surface area contributed by atoms with Crippen LogP contribution in [0.15, 0.2) is 125 Å². The van der Waals surface area contributed by atoms with E-state index in [2.05, 4.69) is 20.4 Å². The number of benzene rings is 4. The number of anilines is 1. The number of carbonyl (C=O) groups excluding carboxylic acids is 1. The maximum absolute atomic E-state index is 14.0. The van der Waals surface area contributed by atoms with Crippen molar-refractivity contribution in [3.63, 3.8) is 0 Å². The Morgan fingerprint density at radius 3 is 2.26 bits per heavy atom. The SMILES string of the molecule is O=C(Nc1ccon1)c1cccc(-c2nc3nc(-c4ccc(-c5ccccc5)cc4)n(-c4ccc(Cl)cc4)c(=O)c3[nH]2)c1. The van der Waals surface area contributed by atoms with E-state index in [1.807, 2.05) is 54.6 Å². The van der Waals surface area contributed by atoms with Crippen molar-refractivity contribution in [3.8, 4) is 39.6 Å². The van der Waals surface area contributed by atoms with Crippen LogP contribution in [-0.2, 0) is 0 Å². The molecule has 2 N–H and O–H groups in total. The molecule has 7 rings (SSSR count). The van der Waals surface area contributed by atoms with E-state index in [9.17, 15) is 9.59 Å². The molecule has 0 aliphatic carbocycles. The van der Waals surface area contributed by atoms with E-state index in [0.29, 0.717) is 39.3 Å². The van der Waals surface area contributed by atoms with Gasteiger partial charge in [-0.2, -0.15) is 0 Å². The summed E-state index contributed by atoms with van der Waals surface area (Å²) in [7, 11) is 0. The van der Waals surface area contributed by atoms with Gasteiger partial charge in [-0.05, 0) is 47.5 Å². The standard InChI is InChI=1S/C33H21ClN6O3/c34-25-13-15-26(16-14-25)40-31(22-11-9-21(10-12-22)20-5-2-1-3-6-20)38-30-28(33(40)42)36-29(37-30)23-7-4-8-24(19-23)32(41)35-27-17-18-43-39-27/h1-19H,(H,36,37)(H,35,39,41). The van der Waals surface area contributed by atoms with E-state index in [0.717, 1.165) is 16.7 Å². The Balaban J connectivity index is 1.33. The molecule has 1 amide bonds. The second-order valence-corrected chi connectivity index (χ2v) is 10.1. The molecule has 0 radical (unpaired) electrons. The molecule has 0 spiro atoms. The van der Waals surface area contributed by atoms with E-state index >= 15 is 0 Å². The lowest BCUT2D eigenvalue weighted by Gasteiger charge is -2.13. The van der Waals surface area contributed by atoms with Gasteiger partial charge < -0.3 is 14.8 Å². The van der Waals surface area contributed by atoms with Gasteiger partial charge in [0.05, 0.1) is 5.69 Å². The van der Waals surface area contributed by atoms with Crippen LogP contribution in [-0.4, -0.2) is 30.6 Å². The van der Waals surface area contributed by atoms with Crippen LogP contribution in [0.1, 0.15) is 10.4 Å². The second-order valence-electron chi connectivity index (χ2n) is 9.70. The van der Waals surface area contributed by atoms with E-state index in [4.69, 9.17) is 21.1 Å². The van der Waals surface area contributed by atoms with Gasteiger partial charge >= 0.3 is 0 Å². The van der Waals surface area contributed by atoms with Crippen molar-refractivity contribution in [2.45, 2.75) is 0 Å². The molecular weight excluding hydrogens is 564 g/mol. The first kappa shape index (κ1) is 26.1. The highest BCUT2D eigenvalue weighted by atomic mass is 35.5. The van der Waals surface area contributed by atoms with Gasteiger partial charge in [-0.3, -0.25) is 14.2 Å². The molecule has 0 saturated heterocycles. The summed E-state index contributed by atoms with van der Waals surface area (Å²) in [5.74, 6) is 0.764. The number of halogens is 1. The number of H-pyrrole nitrogens is 1. The van der Waals surface area contributed by atoms with Crippen molar-refractivity contribution in [2.75, 3.05) is 5.32 Å². The van der Waals surface area contributed by atoms with Crippen LogP contribution in [0.3, 0.4) is 0 Å². The lowest BCUT2D eigenvalue weighted by molar-refractivity contribution is 0.102. The number of hydrogen-bond donors (Lipinski definition) is 2. The third kappa shape index (κ3) is 5.09. The van der Waals surface area contributed by atoms with Crippen LogP contribution >= 0.6 is 11.6 Å². The largest absolute Gasteiger partial charge is 0.363 e. The number of aromatic amines is 1. The zero-order chi connectivity index (χ0) is 29.3. The van der Waals surface area contributed by atoms with Gasteiger partial charge in [0.1, 0.15) is 17.9 Å². The lowest BCUT2D eigenvalue weighted by atomic mass is 10.0. The van der Waals surface area contributed by atoms with Crippen molar-refractivity contribution < 1.29 is 9.32 Å². The predicted octanol–water partition coefficient (Wildman–Crippen LogP) is 7.00.